The smallest absolute Gasteiger partial charge is 0.0940 e. The third-order valence-corrected chi connectivity index (χ3v) is 5.64. The Hall–Kier alpha value is 0.0600. The number of rotatable bonds is 2. The first-order valence-corrected chi connectivity index (χ1v) is 8.60. The molecule has 110 valence electrons. The van der Waals surface area contributed by atoms with Crippen LogP contribution in [0.15, 0.2) is 27.1 Å². The standard InChI is InChI=1S/C15H19Br2NO2/c16-11-1-2-13(17)12(7-11)14(18)10-3-5-20-15(8-10)4-6-19-9-15/h1-2,7,10,14H,3-6,8-9,18H2. The second-order valence-electron chi connectivity index (χ2n) is 5.78. The summed E-state index contributed by atoms with van der Waals surface area (Å²) in [4.78, 5) is 0. The second kappa shape index (κ2) is 6.05. The summed E-state index contributed by atoms with van der Waals surface area (Å²) in [5.74, 6) is 0.441. The van der Waals surface area contributed by atoms with Crippen molar-refractivity contribution in [2.75, 3.05) is 19.8 Å². The molecule has 0 radical (unpaired) electrons. The lowest BCUT2D eigenvalue weighted by Gasteiger charge is -2.39. The van der Waals surface area contributed by atoms with Crippen molar-refractivity contribution >= 4 is 31.9 Å². The van der Waals surface area contributed by atoms with E-state index in [4.69, 9.17) is 15.2 Å². The van der Waals surface area contributed by atoms with Gasteiger partial charge in [0.25, 0.3) is 0 Å². The second-order valence-corrected chi connectivity index (χ2v) is 7.55. The minimum absolute atomic E-state index is 0.0308. The van der Waals surface area contributed by atoms with Crippen molar-refractivity contribution in [2.24, 2.45) is 11.7 Å². The highest BCUT2D eigenvalue weighted by molar-refractivity contribution is 9.11. The highest BCUT2D eigenvalue weighted by Crippen LogP contribution is 2.41. The fraction of sp³-hybridized carbons (Fsp3) is 0.600. The van der Waals surface area contributed by atoms with Crippen LogP contribution in [0.2, 0.25) is 0 Å². The summed E-state index contributed by atoms with van der Waals surface area (Å²) in [5.41, 5.74) is 7.63. The molecule has 0 aliphatic carbocycles. The van der Waals surface area contributed by atoms with Crippen LogP contribution in [0.5, 0.6) is 0 Å². The molecule has 2 heterocycles. The zero-order valence-corrected chi connectivity index (χ0v) is 14.5. The lowest BCUT2D eigenvalue weighted by Crippen LogP contribution is -2.43. The zero-order valence-electron chi connectivity index (χ0n) is 11.3. The van der Waals surface area contributed by atoms with Crippen LogP contribution in [-0.4, -0.2) is 25.4 Å². The number of hydrogen-bond acceptors (Lipinski definition) is 3. The van der Waals surface area contributed by atoms with Gasteiger partial charge < -0.3 is 15.2 Å². The first-order valence-electron chi connectivity index (χ1n) is 7.02. The van der Waals surface area contributed by atoms with Gasteiger partial charge in [0.15, 0.2) is 0 Å². The summed E-state index contributed by atoms with van der Waals surface area (Å²) in [7, 11) is 0. The summed E-state index contributed by atoms with van der Waals surface area (Å²) in [6.45, 7) is 2.31. The maximum Gasteiger partial charge on any atom is 0.0940 e. The van der Waals surface area contributed by atoms with Crippen LogP contribution in [0.1, 0.15) is 30.9 Å². The number of hydrogen-bond donors (Lipinski definition) is 1. The monoisotopic (exact) mass is 403 g/mol. The normalized spacial score (nSPS) is 31.6. The molecule has 0 saturated carbocycles. The average molecular weight is 405 g/mol. The van der Waals surface area contributed by atoms with E-state index in [0.717, 1.165) is 48.0 Å². The van der Waals surface area contributed by atoms with Crippen molar-refractivity contribution in [3.05, 3.63) is 32.7 Å². The topological polar surface area (TPSA) is 44.5 Å². The fourth-order valence-electron chi connectivity index (χ4n) is 3.26. The van der Waals surface area contributed by atoms with Crippen molar-refractivity contribution in [1.29, 1.82) is 0 Å². The van der Waals surface area contributed by atoms with E-state index in [9.17, 15) is 0 Å². The molecule has 3 unspecified atom stereocenters. The van der Waals surface area contributed by atoms with Gasteiger partial charge in [0, 0.05) is 34.6 Å². The molecule has 0 bridgehead atoms. The maximum absolute atomic E-state index is 6.54. The molecule has 3 nitrogen and oxygen atoms in total. The molecule has 0 amide bonds. The molecule has 3 rings (SSSR count). The first-order chi connectivity index (χ1) is 9.60. The van der Waals surface area contributed by atoms with Gasteiger partial charge in [0.1, 0.15) is 0 Å². The number of ether oxygens (including phenoxy) is 2. The molecule has 1 spiro atoms. The molecule has 2 aliphatic rings. The summed E-state index contributed by atoms with van der Waals surface area (Å²) >= 11 is 7.14. The Morgan fingerprint density at radius 2 is 2.15 bits per heavy atom. The summed E-state index contributed by atoms with van der Waals surface area (Å²) in [6.07, 6.45) is 3.00. The molecule has 20 heavy (non-hydrogen) atoms. The summed E-state index contributed by atoms with van der Waals surface area (Å²) in [5, 5.41) is 0. The molecule has 1 aromatic carbocycles. The van der Waals surface area contributed by atoms with Gasteiger partial charge in [-0.3, -0.25) is 0 Å². The average Bonchev–Trinajstić information content (AvgIpc) is 2.88. The van der Waals surface area contributed by atoms with Crippen molar-refractivity contribution < 1.29 is 9.47 Å². The number of benzene rings is 1. The zero-order chi connectivity index (χ0) is 14.2. The molecule has 2 aliphatic heterocycles. The Bertz CT molecular complexity index is 489. The van der Waals surface area contributed by atoms with Crippen LogP contribution in [0.25, 0.3) is 0 Å². The van der Waals surface area contributed by atoms with E-state index in [1.54, 1.807) is 0 Å². The summed E-state index contributed by atoms with van der Waals surface area (Å²) < 4.78 is 13.7. The van der Waals surface area contributed by atoms with E-state index < -0.39 is 0 Å². The summed E-state index contributed by atoms with van der Waals surface area (Å²) in [6, 6.07) is 6.22. The van der Waals surface area contributed by atoms with Gasteiger partial charge in [0.05, 0.1) is 12.2 Å². The van der Waals surface area contributed by atoms with E-state index in [2.05, 4.69) is 37.9 Å². The minimum atomic E-state index is -0.0843. The lowest BCUT2D eigenvalue weighted by molar-refractivity contribution is -0.101. The third-order valence-electron chi connectivity index (χ3n) is 4.42. The van der Waals surface area contributed by atoms with Gasteiger partial charge >= 0.3 is 0 Å². The lowest BCUT2D eigenvalue weighted by atomic mass is 9.79. The highest BCUT2D eigenvalue weighted by atomic mass is 79.9. The predicted octanol–water partition coefficient (Wildman–Crippen LogP) is 3.80. The van der Waals surface area contributed by atoms with E-state index in [1.165, 1.54) is 5.56 Å². The van der Waals surface area contributed by atoms with E-state index >= 15 is 0 Å². The Morgan fingerprint density at radius 1 is 1.30 bits per heavy atom. The van der Waals surface area contributed by atoms with Gasteiger partial charge in [-0.1, -0.05) is 31.9 Å². The Kier molecular flexibility index (Phi) is 4.53. The van der Waals surface area contributed by atoms with Crippen molar-refractivity contribution in [3.63, 3.8) is 0 Å². The Morgan fingerprint density at radius 3 is 2.90 bits per heavy atom. The van der Waals surface area contributed by atoms with Gasteiger partial charge in [-0.15, -0.1) is 0 Å². The fourth-order valence-corrected chi connectivity index (χ4v) is 4.15. The van der Waals surface area contributed by atoms with Crippen molar-refractivity contribution in [2.45, 2.75) is 30.9 Å². The van der Waals surface area contributed by atoms with Crippen LogP contribution >= 0.6 is 31.9 Å². The molecule has 2 fully saturated rings. The molecule has 2 saturated heterocycles. The molecule has 2 N–H and O–H groups in total. The number of nitrogens with two attached hydrogens (primary N) is 1. The Labute approximate surface area is 136 Å². The van der Waals surface area contributed by atoms with Crippen molar-refractivity contribution in [3.8, 4) is 0 Å². The molecule has 1 aromatic rings. The quantitative estimate of drug-likeness (QED) is 0.815. The first kappa shape index (κ1) is 15.0. The molecule has 0 aromatic heterocycles. The molecular formula is C15H19Br2NO2. The van der Waals surface area contributed by atoms with Gasteiger partial charge in [-0.05, 0) is 42.5 Å². The van der Waals surface area contributed by atoms with E-state index in [1.807, 2.05) is 12.1 Å². The van der Waals surface area contributed by atoms with Gasteiger partial charge in [-0.25, -0.2) is 0 Å². The maximum atomic E-state index is 6.54. The predicted molar refractivity (Wildman–Crippen MR) is 85.6 cm³/mol. The Balaban J connectivity index is 1.79. The number of halogens is 2. The van der Waals surface area contributed by atoms with Crippen LogP contribution < -0.4 is 5.73 Å². The largest absolute Gasteiger partial charge is 0.378 e. The van der Waals surface area contributed by atoms with Crippen LogP contribution in [0, 0.1) is 5.92 Å². The van der Waals surface area contributed by atoms with E-state index in [0.29, 0.717) is 5.92 Å². The third kappa shape index (κ3) is 2.97. The molecule has 3 atom stereocenters. The van der Waals surface area contributed by atoms with E-state index in [-0.39, 0.29) is 11.6 Å². The van der Waals surface area contributed by atoms with Crippen LogP contribution in [-0.2, 0) is 9.47 Å². The highest BCUT2D eigenvalue weighted by Gasteiger charge is 2.42. The minimum Gasteiger partial charge on any atom is -0.378 e. The van der Waals surface area contributed by atoms with Crippen LogP contribution in [0.4, 0.5) is 0 Å². The SMILES string of the molecule is NC(c1cc(Br)ccc1Br)C1CCOC2(CCOC2)C1. The van der Waals surface area contributed by atoms with Gasteiger partial charge in [-0.2, -0.15) is 0 Å². The molecular weight excluding hydrogens is 386 g/mol. The molecule has 5 heteroatoms. The van der Waals surface area contributed by atoms with Crippen molar-refractivity contribution in [1.82, 2.24) is 0 Å². The van der Waals surface area contributed by atoms with Gasteiger partial charge in [0.2, 0.25) is 0 Å². The van der Waals surface area contributed by atoms with Crippen LogP contribution in [0.3, 0.4) is 0 Å².